The third-order valence-electron chi connectivity index (χ3n) is 2.98. The normalized spacial score (nSPS) is 12.4. The quantitative estimate of drug-likeness (QED) is 0.740. The van der Waals surface area contributed by atoms with Crippen LogP contribution in [0.15, 0.2) is 18.2 Å². The van der Waals surface area contributed by atoms with Gasteiger partial charge in [0.2, 0.25) is 0 Å². The maximum atomic E-state index is 12.5. The highest BCUT2D eigenvalue weighted by Gasteiger charge is 2.28. The first kappa shape index (κ1) is 15.9. The zero-order valence-electron chi connectivity index (χ0n) is 11.4. The summed E-state index contributed by atoms with van der Waals surface area (Å²) in [5.74, 6) is -4.35. The Hall–Kier alpha value is -2.11. The van der Waals surface area contributed by atoms with E-state index in [1.54, 1.807) is 19.9 Å². The van der Waals surface area contributed by atoms with Gasteiger partial charge in [-0.1, -0.05) is 19.9 Å². The number of carboxylic acids is 2. The zero-order valence-corrected chi connectivity index (χ0v) is 11.4. The molecule has 0 amide bonds. The Kier molecular flexibility index (Phi) is 5.49. The fourth-order valence-electron chi connectivity index (χ4n) is 1.94. The van der Waals surface area contributed by atoms with Crippen molar-refractivity contribution in [2.75, 3.05) is 11.9 Å². The lowest BCUT2D eigenvalue weighted by Crippen LogP contribution is -2.28. The van der Waals surface area contributed by atoms with Gasteiger partial charge in [0, 0.05) is 12.2 Å². The molecule has 1 aliphatic rings. The molecule has 6 heteroatoms. The number of hydrogen-bond acceptors (Lipinski definition) is 3. The van der Waals surface area contributed by atoms with Crippen LogP contribution in [-0.4, -0.2) is 28.7 Å². The van der Waals surface area contributed by atoms with Crippen LogP contribution in [0.5, 0.6) is 0 Å². The van der Waals surface area contributed by atoms with Crippen molar-refractivity contribution in [1.29, 1.82) is 0 Å². The molecule has 1 aromatic carbocycles. The second-order valence-corrected chi connectivity index (χ2v) is 4.88. The van der Waals surface area contributed by atoms with Gasteiger partial charge in [-0.3, -0.25) is 9.59 Å². The first-order valence-electron chi connectivity index (χ1n) is 6.30. The minimum absolute atomic E-state index is 0.159. The monoisotopic (exact) mass is 283 g/mol. The first-order chi connectivity index (χ1) is 9.32. The lowest BCUT2D eigenvalue weighted by molar-refractivity contribution is -0.156. The van der Waals surface area contributed by atoms with Crippen molar-refractivity contribution in [1.82, 2.24) is 0 Å². The van der Waals surface area contributed by atoms with Gasteiger partial charge in [-0.2, -0.15) is 0 Å². The molecule has 0 fully saturated rings. The Morgan fingerprint density at radius 3 is 2.30 bits per heavy atom. The molecule has 0 unspecified atom stereocenters. The number of nitrogens with one attached hydrogen (secondary N) is 1. The largest absolute Gasteiger partial charge is 0.481 e. The summed E-state index contributed by atoms with van der Waals surface area (Å²) in [5, 5.41) is 19.8. The molecule has 1 aromatic rings. The highest BCUT2D eigenvalue weighted by Crippen LogP contribution is 2.22. The Balaban J connectivity index is 0.000000200. The molecule has 0 aliphatic carbocycles. The molecular weight excluding hydrogens is 265 g/mol. The van der Waals surface area contributed by atoms with E-state index >= 15 is 0 Å². The van der Waals surface area contributed by atoms with Gasteiger partial charge in [0.25, 0.3) is 0 Å². The van der Waals surface area contributed by atoms with Crippen molar-refractivity contribution in [3.63, 3.8) is 0 Å². The molecule has 3 N–H and O–H groups in total. The van der Waals surface area contributed by atoms with Gasteiger partial charge >= 0.3 is 11.9 Å². The third-order valence-corrected chi connectivity index (χ3v) is 2.98. The molecule has 2 rings (SSSR count). The second kappa shape index (κ2) is 6.88. The molecule has 5 nitrogen and oxygen atoms in total. The minimum Gasteiger partial charge on any atom is -0.481 e. The number of carbonyl (C=O) groups is 2. The van der Waals surface area contributed by atoms with Crippen LogP contribution in [0, 0.1) is 17.7 Å². The molecule has 0 atom stereocenters. The van der Waals surface area contributed by atoms with E-state index in [0.717, 1.165) is 18.7 Å². The molecule has 0 bridgehead atoms. The summed E-state index contributed by atoms with van der Waals surface area (Å²) in [5.41, 5.74) is 2.18. The molecule has 0 saturated carbocycles. The summed E-state index contributed by atoms with van der Waals surface area (Å²) in [6.45, 7) is 4.07. The van der Waals surface area contributed by atoms with E-state index in [2.05, 4.69) is 5.32 Å². The Morgan fingerprint density at radius 2 is 1.85 bits per heavy atom. The summed E-state index contributed by atoms with van der Waals surface area (Å²) < 4.78 is 12.5. The maximum absolute atomic E-state index is 12.5. The molecule has 1 aliphatic heterocycles. The maximum Gasteiger partial charge on any atom is 0.318 e. The van der Waals surface area contributed by atoms with Gasteiger partial charge in [0.1, 0.15) is 5.82 Å². The van der Waals surface area contributed by atoms with Crippen LogP contribution in [-0.2, 0) is 16.0 Å². The standard InChI is InChI=1S/C8H8FN.C6H10O4/c9-7-2-1-6-3-4-10-8(6)5-7;1-3(2)4(5(7)8)6(9)10/h1-2,5,10H,3-4H2;3-4H,1-2H3,(H,7,8)(H,9,10). The fourth-order valence-corrected chi connectivity index (χ4v) is 1.94. The number of benzene rings is 1. The average molecular weight is 283 g/mol. The minimum atomic E-state index is -1.28. The van der Waals surface area contributed by atoms with Crippen LogP contribution < -0.4 is 5.32 Å². The Labute approximate surface area is 116 Å². The van der Waals surface area contributed by atoms with E-state index in [4.69, 9.17) is 10.2 Å². The van der Waals surface area contributed by atoms with Gasteiger partial charge in [0.05, 0.1) is 0 Å². The number of fused-ring (bicyclic) bond motifs is 1. The van der Waals surface area contributed by atoms with E-state index < -0.39 is 17.9 Å². The predicted molar refractivity (Wildman–Crippen MR) is 72.2 cm³/mol. The van der Waals surface area contributed by atoms with Crippen molar-refractivity contribution in [2.45, 2.75) is 20.3 Å². The van der Waals surface area contributed by atoms with Crippen molar-refractivity contribution in [2.24, 2.45) is 11.8 Å². The van der Waals surface area contributed by atoms with E-state index in [1.165, 1.54) is 11.6 Å². The van der Waals surface area contributed by atoms with E-state index in [0.29, 0.717) is 0 Å². The smallest absolute Gasteiger partial charge is 0.318 e. The van der Waals surface area contributed by atoms with Gasteiger partial charge in [-0.15, -0.1) is 0 Å². The van der Waals surface area contributed by atoms with Gasteiger partial charge in [-0.05, 0) is 30.0 Å². The SMILES string of the molecule is CC(C)C(C(=O)O)C(=O)O.Fc1ccc2c(c1)NCC2. The van der Waals surface area contributed by atoms with Crippen LogP contribution in [0.3, 0.4) is 0 Å². The van der Waals surface area contributed by atoms with E-state index in [1.807, 2.05) is 6.07 Å². The lowest BCUT2D eigenvalue weighted by atomic mass is 9.97. The number of aliphatic carboxylic acids is 2. The summed E-state index contributed by atoms with van der Waals surface area (Å²) in [4.78, 5) is 20.4. The zero-order chi connectivity index (χ0) is 15.3. The third kappa shape index (κ3) is 4.22. The average Bonchev–Trinajstić information content (AvgIpc) is 2.74. The number of carboxylic acid groups (broad SMARTS) is 2. The van der Waals surface area contributed by atoms with Crippen molar-refractivity contribution < 1.29 is 24.2 Å². The Bertz CT molecular complexity index is 488. The molecule has 0 spiro atoms. The summed E-state index contributed by atoms with van der Waals surface area (Å²) in [6, 6.07) is 4.89. The van der Waals surface area contributed by atoms with Gasteiger partial charge in [0.15, 0.2) is 5.92 Å². The lowest BCUT2D eigenvalue weighted by Gasteiger charge is -2.09. The van der Waals surface area contributed by atoms with Gasteiger partial charge in [-0.25, -0.2) is 4.39 Å². The van der Waals surface area contributed by atoms with Crippen LogP contribution >= 0.6 is 0 Å². The number of anilines is 1. The summed E-state index contributed by atoms with van der Waals surface area (Å²) >= 11 is 0. The van der Waals surface area contributed by atoms with E-state index in [9.17, 15) is 14.0 Å². The molecule has 0 radical (unpaired) electrons. The molecular formula is C14H18FNO4. The van der Waals surface area contributed by atoms with Crippen LogP contribution in [0.2, 0.25) is 0 Å². The predicted octanol–water partition coefficient (Wildman–Crippen LogP) is 2.22. The molecule has 0 aromatic heterocycles. The van der Waals surface area contributed by atoms with Gasteiger partial charge < -0.3 is 15.5 Å². The van der Waals surface area contributed by atoms with Crippen LogP contribution in [0.4, 0.5) is 10.1 Å². The number of hydrogen-bond donors (Lipinski definition) is 3. The molecule has 110 valence electrons. The molecule has 0 saturated heterocycles. The summed E-state index contributed by atoms with van der Waals surface area (Å²) in [6.07, 6.45) is 1.02. The number of rotatable bonds is 3. The van der Waals surface area contributed by atoms with E-state index in [-0.39, 0.29) is 11.7 Å². The Morgan fingerprint density at radius 1 is 1.25 bits per heavy atom. The van der Waals surface area contributed by atoms with Crippen molar-refractivity contribution in [3.8, 4) is 0 Å². The highest BCUT2D eigenvalue weighted by molar-refractivity contribution is 5.93. The first-order valence-corrected chi connectivity index (χ1v) is 6.30. The van der Waals surface area contributed by atoms with Crippen molar-refractivity contribution in [3.05, 3.63) is 29.6 Å². The second-order valence-electron chi connectivity index (χ2n) is 4.88. The molecule has 1 heterocycles. The summed E-state index contributed by atoms with van der Waals surface area (Å²) in [7, 11) is 0. The highest BCUT2D eigenvalue weighted by atomic mass is 19.1. The fraction of sp³-hybridized carbons (Fsp3) is 0.429. The topological polar surface area (TPSA) is 86.6 Å². The van der Waals surface area contributed by atoms with Crippen molar-refractivity contribution >= 4 is 17.6 Å². The molecule has 20 heavy (non-hydrogen) atoms. The number of halogens is 1. The van der Waals surface area contributed by atoms with Crippen LogP contribution in [0.25, 0.3) is 0 Å². The van der Waals surface area contributed by atoms with Crippen LogP contribution in [0.1, 0.15) is 19.4 Å².